The zero-order valence-corrected chi connectivity index (χ0v) is 11.6. The molecule has 0 saturated carbocycles. The highest BCUT2D eigenvalue weighted by molar-refractivity contribution is 6.31. The third kappa shape index (κ3) is 2.30. The average molecular weight is 289 g/mol. The molecule has 102 valence electrons. The van der Waals surface area contributed by atoms with Gasteiger partial charge in [0, 0.05) is 11.1 Å². The van der Waals surface area contributed by atoms with Gasteiger partial charge in [0.1, 0.15) is 5.75 Å². The van der Waals surface area contributed by atoms with E-state index in [4.69, 9.17) is 16.3 Å². The Hall–Kier alpha value is -2.20. The molecular formula is C15H13ClN2O2. The zero-order chi connectivity index (χ0) is 14.1. The Labute approximate surface area is 121 Å². The number of nitrogens with one attached hydrogen (secondary N) is 2. The zero-order valence-electron chi connectivity index (χ0n) is 10.9. The van der Waals surface area contributed by atoms with E-state index in [1.54, 1.807) is 18.2 Å². The van der Waals surface area contributed by atoms with Crippen LogP contribution >= 0.6 is 11.6 Å². The van der Waals surface area contributed by atoms with Crippen molar-refractivity contribution in [1.29, 1.82) is 0 Å². The van der Waals surface area contributed by atoms with Crippen molar-refractivity contribution in [1.82, 2.24) is 0 Å². The van der Waals surface area contributed by atoms with Gasteiger partial charge in [0.05, 0.1) is 29.2 Å². The number of halogens is 1. The van der Waals surface area contributed by atoms with Gasteiger partial charge in [-0.05, 0) is 37.3 Å². The molecule has 1 aliphatic rings. The molecule has 5 heteroatoms. The number of carbonyl (C=O) groups is 1. The van der Waals surface area contributed by atoms with E-state index in [-0.39, 0.29) is 5.91 Å². The topological polar surface area (TPSA) is 50.4 Å². The van der Waals surface area contributed by atoms with Gasteiger partial charge in [0.15, 0.2) is 0 Å². The van der Waals surface area contributed by atoms with Crippen LogP contribution in [0.2, 0.25) is 5.02 Å². The molecule has 0 spiro atoms. The van der Waals surface area contributed by atoms with Gasteiger partial charge in [-0.1, -0.05) is 11.6 Å². The van der Waals surface area contributed by atoms with Gasteiger partial charge in [-0.3, -0.25) is 4.79 Å². The Bertz CT molecular complexity index is 686. The number of ether oxygens (including phenoxy) is 1. The second kappa shape index (κ2) is 5.06. The summed E-state index contributed by atoms with van der Waals surface area (Å²) in [6.45, 7) is 2.52. The van der Waals surface area contributed by atoms with E-state index in [0.29, 0.717) is 28.6 Å². The van der Waals surface area contributed by atoms with Crippen molar-refractivity contribution in [2.75, 3.05) is 17.2 Å². The lowest BCUT2D eigenvalue weighted by atomic mass is 10.1. The van der Waals surface area contributed by atoms with Crippen molar-refractivity contribution in [3.05, 3.63) is 47.0 Å². The van der Waals surface area contributed by atoms with Crippen molar-refractivity contribution in [3.8, 4) is 5.75 Å². The summed E-state index contributed by atoms with van der Waals surface area (Å²) in [5, 5.41) is 6.67. The maximum Gasteiger partial charge on any atom is 0.257 e. The van der Waals surface area contributed by atoms with Gasteiger partial charge in [-0.2, -0.15) is 0 Å². The van der Waals surface area contributed by atoms with Gasteiger partial charge >= 0.3 is 0 Å². The van der Waals surface area contributed by atoms with Gasteiger partial charge < -0.3 is 15.4 Å². The second-order valence-corrected chi connectivity index (χ2v) is 4.85. The van der Waals surface area contributed by atoms with Crippen LogP contribution in [-0.4, -0.2) is 12.5 Å². The highest BCUT2D eigenvalue weighted by Crippen LogP contribution is 2.35. The van der Waals surface area contributed by atoms with Crippen molar-refractivity contribution in [2.45, 2.75) is 6.92 Å². The van der Waals surface area contributed by atoms with E-state index in [2.05, 4.69) is 10.6 Å². The highest BCUT2D eigenvalue weighted by atomic mass is 35.5. The van der Waals surface area contributed by atoms with Crippen LogP contribution in [0.15, 0.2) is 36.4 Å². The molecule has 2 aromatic rings. The van der Waals surface area contributed by atoms with Gasteiger partial charge in [-0.25, -0.2) is 0 Å². The summed E-state index contributed by atoms with van der Waals surface area (Å²) in [4.78, 5) is 12.2. The number of benzene rings is 2. The van der Waals surface area contributed by atoms with Crippen LogP contribution in [0, 0.1) is 0 Å². The summed E-state index contributed by atoms with van der Waals surface area (Å²) >= 11 is 5.99. The van der Waals surface area contributed by atoms with E-state index in [1.807, 2.05) is 25.1 Å². The molecule has 0 saturated heterocycles. The summed E-state index contributed by atoms with van der Waals surface area (Å²) in [7, 11) is 0. The molecule has 0 unspecified atom stereocenters. The van der Waals surface area contributed by atoms with Crippen molar-refractivity contribution in [2.24, 2.45) is 0 Å². The van der Waals surface area contributed by atoms with E-state index in [9.17, 15) is 4.79 Å². The average Bonchev–Trinajstić information content (AvgIpc) is 2.54. The largest absolute Gasteiger partial charge is 0.494 e. The fourth-order valence-electron chi connectivity index (χ4n) is 2.14. The minimum absolute atomic E-state index is 0.160. The summed E-state index contributed by atoms with van der Waals surface area (Å²) in [5.74, 6) is 0.588. The quantitative estimate of drug-likeness (QED) is 0.876. The van der Waals surface area contributed by atoms with Crippen molar-refractivity contribution < 1.29 is 9.53 Å². The Morgan fingerprint density at radius 2 is 1.90 bits per heavy atom. The normalized spacial score (nSPS) is 12.6. The molecule has 1 aliphatic heterocycles. The van der Waals surface area contributed by atoms with Crippen molar-refractivity contribution in [3.63, 3.8) is 0 Å². The molecule has 1 amide bonds. The molecule has 0 aliphatic carbocycles. The molecule has 0 radical (unpaired) electrons. The van der Waals surface area contributed by atoms with Crippen LogP contribution in [-0.2, 0) is 0 Å². The third-order valence-electron chi connectivity index (χ3n) is 3.05. The summed E-state index contributed by atoms with van der Waals surface area (Å²) in [6, 6.07) is 10.6. The van der Waals surface area contributed by atoms with Crippen LogP contribution in [0.3, 0.4) is 0 Å². The Morgan fingerprint density at radius 3 is 2.70 bits per heavy atom. The lowest BCUT2D eigenvalue weighted by molar-refractivity contribution is 0.102. The SMILES string of the molecule is CCOc1ccc2c(c1)Nc1cc(Cl)ccc1C(=O)N2. The Kier molecular flexibility index (Phi) is 3.24. The molecule has 0 atom stereocenters. The van der Waals surface area contributed by atoms with Crippen LogP contribution in [0.25, 0.3) is 0 Å². The predicted octanol–water partition coefficient (Wildman–Crippen LogP) is 4.05. The smallest absolute Gasteiger partial charge is 0.257 e. The molecule has 2 N–H and O–H groups in total. The first kappa shape index (κ1) is 12.8. The molecule has 3 rings (SSSR count). The molecule has 1 heterocycles. The maximum atomic E-state index is 12.2. The number of rotatable bonds is 2. The molecule has 0 fully saturated rings. The monoisotopic (exact) mass is 288 g/mol. The van der Waals surface area contributed by atoms with Gasteiger partial charge in [-0.15, -0.1) is 0 Å². The van der Waals surface area contributed by atoms with Gasteiger partial charge in [0.2, 0.25) is 0 Å². The number of hydrogen-bond acceptors (Lipinski definition) is 3. The standard InChI is InChI=1S/C15H13ClN2O2/c1-2-20-10-4-6-12-14(8-10)17-13-7-9(16)3-5-11(13)15(19)18-12/h3-8,17H,2H2,1H3,(H,18,19). The second-order valence-electron chi connectivity index (χ2n) is 4.41. The molecular weight excluding hydrogens is 276 g/mol. The summed E-state index contributed by atoms with van der Waals surface area (Å²) < 4.78 is 5.47. The lowest BCUT2D eigenvalue weighted by Gasteiger charge is -2.11. The maximum absolute atomic E-state index is 12.2. The van der Waals surface area contributed by atoms with E-state index >= 15 is 0 Å². The number of hydrogen-bond donors (Lipinski definition) is 2. The fraction of sp³-hybridized carbons (Fsp3) is 0.133. The lowest BCUT2D eigenvalue weighted by Crippen LogP contribution is -2.10. The minimum atomic E-state index is -0.160. The van der Waals surface area contributed by atoms with Gasteiger partial charge in [0.25, 0.3) is 5.91 Å². The molecule has 0 bridgehead atoms. The summed E-state index contributed by atoms with van der Waals surface area (Å²) in [6.07, 6.45) is 0. The first-order valence-corrected chi connectivity index (χ1v) is 6.70. The predicted molar refractivity (Wildman–Crippen MR) is 80.3 cm³/mol. The Morgan fingerprint density at radius 1 is 1.05 bits per heavy atom. The summed E-state index contributed by atoms with van der Waals surface area (Å²) in [5.41, 5.74) is 2.74. The first-order valence-electron chi connectivity index (χ1n) is 6.32. The van der Waals surface area contributed by atoms with Crippen LogP contribution in [0.5, 0.6) is 5.75 Å². The molecule has 4 nitrogen and oxygen atoms in total. The molecule has 2 aromatic carbocycles. The number of carbonyl (C=O) groups excluding carboxylic acids is 1. The van der Waals surface area contributed by atoms with E-state index in [1.165, 1.54) is 0 Å². The van der Waals surface area contributed by atoms with Crippen LogP contribution in [0.4, 0.5) is 17.1 Å². The third-order valence-corrected chi connectivity index (χ3v) is 3.28. The van der Waals surface area contributed by atoms with E-state index < -0.39 is 0 Å². The fourth-order valence-corrected chi connectivity index (χ4v) is 2.32. The van der Waals surface area contributed by atoms with Crippen molar-refractivity contribution >= 4 is 34.6 Å². The molecule has 0 aromatic heterocycles. The van der Waals surface area contributed by atoms with Crippen LogP contribution < -0.4 is 15.4 Å². The Balaban J connectivity index is 2.07. The minimum Gasteiger partial charge on any atom is -0.494 e. The number of fused-ring (bicyclic) bond motifs is 2. The number of amides is 1. The van der Waals surface area contributed by atoms with Crippen LogP contribution in [0.1, 0.15) is 17.3 Å². The van der Waals surface area contributed by atoms with E-state index in [0.717, 1.165) is 11.4 Å². The first-order chi connectivity index (χ1) is 9.67. The number of anilines is 3. The highest BCUT2D eigenvalue weighted by Gasteiger charge is 2.19. The molecule has 20 heavy (non-hydrogen) atoms.